The summed E-state index contributed by atoms with van der Waals surface area (Å²) >= 11 is 0. The van der Waals surface area contributed by atoms with E-state index in [0.717, 1.165) is 50.0 Å². The third-order valence-electron chi connectivity index (χ3n) is 13.5. The van der Waals surface area contributed by atoms with E-state index in [1.165, 1.54) is 58.8 Å². The van der Waals surface area contributed by atoms with E-state index in [1.54, 1.807) is 0 Å². The molecule has 300 valence electrons. The van der Waals surface area contributed by atoms with Gasteiger partial charge in [-0.1, -0.05) is 188 Å². The number of para-hydroxylation sites is 4. The van der Waals surface area contributed by atoms with Crippen LogP contribution in [0, 0.1) is 0 Å². The zero-order valence-electron chi connectivity index (χ0n) is 34.9. The van der Waals surface area contributed by atoms with Gasteiger partial charge < -0.3 is 13.6 Å². The lowest BCUT2D eigenvalue weighted by Gasteiger charge is -2.34. The first kappa shape index (κ1) is 36.5. The average molecular weight is 833 g/mol. The van der Waals surface area contributed by atoms with Crippen LogP contribution in [0.5, 0.6) is 0 Å². The Balaban J connectivity index is 1.03. The molecule has 0 saturated carbocycles. The number of benzene rings is 10. The van der Waals surface area contributed by atoms with Crippen molar-refractivity contribution in [3.05, 3.63) is 243 Å². The third-order valence-corrected chi connectivity index (χ3v) is 18.2. The molecule has 13 aromatic rings. The van der Waals surface area contributed by atoms with Crippen LogP contribution in [0.4, 0.5) is 0 Å². The standard InChI is InChI=1S/C60H40N2OSi/c1-4-20-43(21-5-1)64(44-22-6-2-7-23-44,45-24-8-3-9-25-45)46-26-16-19-41(39-46)61-54-33-13-10-27-47(54)53-40-42(37-38-56(53)61)62-55-34-14-11-29-52(55)59-49(30-18-35-57(59)62)51-32-17-31-50-48-28-12-15-36-58(48)63-60(50)51/h1-40H. The highest BCUT2D eigenvalue weighted by Gasteiger charge is 2.41. The van der Waals surface area contributed by atoms with Crippen LogP contribution in [0.25, 0.3) is 88.1 Å². The summed E-state index contributed by atoms with van der Waals surface area (Å²) in [6, 6.07) is 89.2. The number of aromatic nitrogens is 2. The number of rotatable bonds is 7. The fraction of sp³-hybridized carbons (Fsp3) is 0. The number of hydrogen-bond acceptors (Lipinski definition) is 1. The largest absolute Gasteiger partial charge is 0.455 e. The van der Waals surface area contributed by atoms with Gasteiger partial charge in [0.15, 0.2) is 8.07 Å². The maximum Gasteiger partial charge on any atom is 0.179 e. The monoisotopic (exact) mass is 832 g/mol. The van der Waals surface area contributed by atoms with Crippen molar-refractivity contribution in [3.8, 4) is 22.5 Å². The van der Waals surface area contributed by atoms with Crippen LogP contribution in [-0.4, -0.2) is 17.2 Å². The second kappa shape index (κ2) is 14.5. The molecule has 0 N–H and O–H groups in total. The van der Waals surface area contributed by atoms with E-state index in [0.29, 0.717) is 0 Å². The van der Waals surface area contributed by atoms with Gasteiger partial charge in [0.05, 0.1) is 22.1 Å². The van der Waals surface area contributed by atoms with Crippen molar-refractivity contribution >= 4 is 94.4 Å². The summed E-state index contributed by atoms with van der Waals surface area (Å²) in [5, 5.41) is 12.6. The molecule has 0 radical (unpaired) electrons. The molecule has 0 aliphatic carbocycles. The van der Waals surface area contributed by atoms with Gasteiger partial charge in [-0.15, -0.1) is 0 Å². The summed E-state index contributed by atoms with van der Waals surface area (Å²) < 4.78 is 11.5. The van der Waals surface area contributed by atoms with Crippen LogP contribution < -0.4 is 20.7 Å². The molecule has 0 spiro atoms. The fourth-order valence-electron chi connectivity index (χ4n) is 10.8. The molecule has 10 aromatic carbocycles. The summed E-state index contributed by atoms with van der Waals surface area (Å²) in [7, 11) is -2.75. The van der Waals surface area contributed by atoms with Gasteiger partial charge in [-0.3, -0.25) is 0 Å². The normalized spacial score (nSPS) is 12.1. The number of furan rings is 1. The van der Waals surface area contributed by atoms with E-state index in [-0.39, 0.29) is 0 Å². The quantitative estimate of drug-likeness (QED) is 0.116. The summed E-state index contributed by atoms with van der Waals surface area (Å²) in [4.78, 5) is 0. The van der Waals surface area contributed by atoms with Crippen LogP contribution in [-0.2, 0) is 0 Å². The lowest BCUT2D eigenvalue weighted by atomic mass is 9.97. The Morgan fingerprint density at radius 1 is 0.297 bits per heavy atom. The van der Waals surface area contributed by atoms with Crippen LogP contribution in [0.1, 0.15) is 0 Å². The SMILES string of the molecule is c1ccc([Si](c2ccccc2)(c2ccccc2)c2cccc(-n3c4ccccc4c4cc(-n5c6ccccc6c6c(-c7cccc8c7oc7ccccc78)cccc65)ccc43)c2)cc1. The Morgan fingerprint density at radius 3 is 1.50 bits per heavy atom. The molecular weight excluding hydrogens is 793 g/mol. The van der Waals surface area contributed by atoms with Crippen LogP contribution in [0.15, 0.2) is 247 Å². The van der Waals surface area contributed by atoms with Gasteiger partial charge in [-0.25, -0.2) is 0 Å². The molecule has 0 atom stereocenters. The first-order chi connectivity index (χ1) is 31.8. The van der Waals surface area contributed by atoms with Gasteiger partial charge in [0, 0.05) is 49.3 Å². The zero-order chi connectivity index (χ0) is 42.2. The number of fused-ring (bicyclic) bond motifs is 9. The highest BCUT2D eigenvalue weighted by molar-refractivity contribution is 7.19. The van der Waals surface area contributed by atoms with Gasteiger partial charge >= 0.3 is 0 Å². The zero-order valence-corrected chi connectivity index (χ0v) is 35.9. The highest BCUT2D eigenvalue weighted by Crippen LogP contribution is 2.43. The van der Waals surface area contributed by atoms with Crippen molar-refractivity contribution < 1.29 is 4.42 Å². The molecule has 3 nitrogen and oxygen atoms in total. The molecule has 0 aliphatic rings. The van der Waals surface area contributed by atoms with E-state index in [4.69, 9.17) is 4.42 Å². The summed E-state index contributed by atoms with van der Waals surface area (Å²) in [6.07, 6.45) is 0. The van der Waals surface area contributed by atoms with Crippen molar-refractivity contribution in [2.75, 3.05) is 0 Å². The number of nitrogens with zero attached hydrogens (tertiary/aromatic N) is 2. The minimum Gasteiger partial charge on any atom is -0.455 e. The van der Waals surface area contributed by atoms with Crippen LogP contribution in [0.2, 0.25) is 0 Å². The predicted molar refractivity (Wildman–Crippen MR) is 271 cm³/mol. The van der Waals surface area contributed by atoms with Gasteiger partial charge in [0.2, 0.25) is 0 Å². The first-order valence-electron chi connectivity index (χ1n) is 22.0. The second-order valence-electron chi connectivity index (χ2n) is 16.8. The third kappa shape index (κ3) is 5.33. The van der Waals surface area contributed by atoms with Crippen molar-refractivity contribution in [2.45, 2.75) is 0 Å². The second-order valence-corrected chi connectivity index (χ2v) is 20.6. The Labute approximate surface area is 371 Å². The Morgan fingerprint density at radius 2 is 0.781 bits per heavy atom. The molecule has 4 heteroatoms. The van der Waals surface area contributed by atoms with Crippen LogP contribution >= 0.6 is 0 Å². The van der Waals surface area contributed by atoms with E-state index in [2.05, 4.69) is 246 Å². The Bertz CT molecular complexity index is 3800. The molecule has 0 aliphatic heterocycles. The molecule has 0 bridgehead atoms. The maximum atomic E-state index is 6.60. The van der Waals surface area contributed by atoms with Crippen molar-refractivity contribution in [1.82, 2.24) is 9.13 Å². The molecule has 3 heterocycles. The molecule has 64 heavy (non-hydrogen) atoms. The fourth-order valence-corrected chi connectivity index (χ4v) is 15.6. The summed E-state index contributed by atoms with van der Waals surface area (Å²) in [6.45, 7) is 0. The van der Waals surface area contributed by atoms with Crippen molar-refractivity contribution in [2.24, 2.45) is 0 Å². The highest BCUT2D eigenvalue weighted by atomic mass is 28.3. The molecule has 0 saturated heterocycles. The van der Waals surface area contributed by atoms with Gasteiger partial charge in [-0.2, -0.15) is 0 Å². The first-order valence-corrected chi connectivity index (χ1v) is 24.0. The average Bonchev–Trinajstić information content (AvgIpc) is 4.03. The molecule has 0 fully saturated rings. The van der Waals surface area contributed by atoms with Crippen molar-refractivity contribution in [1.29, 1.82) is 0 Å². The van der Waals surface area contributed by atoms with Gasteiger partial charge in [-0.05, 0) is 80.9 Å². The molecule has 0 amide bonds. The van der Waals surface area contributed by atoms with Crippen molar-refractivity contribution in [3.63, 3.8) is 0 Å². The predicted octanol–water partition coefficient (Wildman–Crippen LogP) is 12.8. The minimum atomic E-state index is -2.75. The number of hydrogen-bond donors (Lipinski definition) is 0. The topological polar surface area (TPSA) is 23.0 Å². The molecule has 13 rings (SSSR count). The Kier molecular flexibility index (Phi) is 8.23. The molecule has 0 unspecified atom stereocenters. The molecule has 3 aromatic heterocycles. The van der Waals surface area contributed by atoms with E-state index in [1.807, 2.05) is 6.07 Å². The van der Waals surface area contributed by atoms with Gasteiger partial charge in [0.1, 0.15) is 11.2 Å². The van der Waals surface area contributed by atoms with E-state index in [9.17, 15) is 0 Å². The van der Waals surface area contributed by atoms with E-state index >= 15 is 0 Å². The lowest BCUT2D eigenvalue weighted by molar-refractivity contribution is 0.670. The minimum absolute atomic E-state index is 0.906. The Hall–Kier alpha value is -8.18. The van der Waals surface area contributed by atoms with Crippen LogP contribution in [0.3, 0.4) is 0 Å². The van der Waals surface area contributed by atoms with E-state index < -0.39 is 8.07 Å². The lowest BCUT2D eigenvalue weighted by Crippen LogP contribution is -2.74. The summed E-state index contributed by atoms with van der Waals surface area (Å²) in [5.41, 5.74) is 11.0. The smallest absolute Gasteiger partial charge is 0.179 e. The maximum absolute atomic E-state index is 6.60. The summed E-state index contributed by atoms with van der Waals surface area (Å²) in [5.74, 6) is 0. The van der Waals surface area contributed by atoms with Gasteiger partial charge in [0.25, 0.3) is 0 Å². The molecular formula is C60H40N2OSi.